The highest BCUT2D eigenvalue weighted by atomic mass is 16.5. The van der Waals surface area contributed by atoms with Crippen LogP contribution in [-0.4, -0.2) is 27.3 Å². The first-order valence-electron chi connectivity index (χ1n) is 7.82. The standard InChI is InChI=1S/C20H20O4/c1-22-18-10-9-14(12-19(18)23-2)16-6-4-5-13-7-8-15(11-17(13)16)20(21)24-3/h6-12H,4-5H2,1-3H3. The molecule has 2 aromatic rings. The van der Waals surface area contributed by atoms with Crippen LogP contribution in [0, 0.1) is 0 Å². The van der Waals surface area contributed by atoms with Gasteiger partial charge in [-0.05, 0) is 59.4 Å². The molecule has 4 heteroatoms. The first-order chi connectivity index (χ1) is 11.7. The number of rotatable bonds is 4. The number of carbonyl (C=O) groups excluding carboxylic acids is 1. The Kier molecular flexibility index (Phi) is 4.56. The highest BCUT2D eigenvalue weighted by Gasteiger charge is 2.18. The quantitative estimate of drug-likeness (QED) is 0.801. The second kappa shape index (κ2) is 6.79. The van der Waals surface area contributed by atoms with Crippen molar-refractivity contribution in [3.63, 3.8) is 0 Å². The summed E-state index contributed by atoms with van der Waals surface area (Å²) in [6.07, 6.45) is 4.13. The van der Waals surface area contributed by atoms with Crippen LogP contribution in [-0.2, 0) is 11.2 Å². The molecule has 1 aliphatic carbocycles. The SMILES string of the molecule is COC(=O)c1ccc2c(c1)C(c1ccc(OC)c(OC)c1)=CCC2. The molecule has 0 bridgehead atoms. The number of esters is 1. The summed E-state index contributed by atoms with van der Waals surface area (Å²) in [4.78, 5) is 11.8. The first-order valence-corrected chi connectivity index (χ1v) is 7.82. The minimum Gasteiger partial charge on any atom is -0.493 e. The Labute approximate surface area is 141 Å². The average Bonchev–Trinajstić information content (AvgIpc) is 2.65. The number of fused-ring (bicyclic) bond motifs is 1. The topological polar surface area (TPSA) is 44.8 Å². The van der Waals surface area contributed by atoms with E-state index < -0.39 is 0 Å². The van der Waals surface area contributed by atoms with Crippen LogP contribution < -0.4 is 9.47 Å². The highest BCUT2D eigenvalue weighted by Crippen LogP contribution is 2.36. The number of benzene rings is 2. The molecule has 0 saturated heterocycles. The number of hydrogen-bond donors (Lipinski definition) is 0. The molecule has 0 atom stereocenters. The van der Waals surface area contributed by atoms with E-state index in [9.17, 15) is 4.79 Å². The number of aryl methyl sites for hydroxylation is 1. The molecule has 0 amide bonds. The number of allylic oxidation sites excluding steroid dienone is 1. The summed E-state index contributed by atoms with van der Waals surface area (Å²) >= 11 is 0. The predicted octanol–water partition coefficient (Wildman–Crippen LogP) is 3.87. The van der Waals surface area contributed by atoms with E-state index in [-0.39, 0.29) is 5.97 Å². The van der Waals surface area contributed by atoms with Gasteiger partial charge in [-0.2, -0.15) is 0 Å². The van der Waals surface area contributed by atoms with Gasteiger partial charge in [0.15, 0.2) is 11.5 Å². The molecule has 124 valence electrons. The minimum atomic E-state index is -0.324. The maximum absolute atomic E-state index is 11.8. The van der Waals surface area contributed by atoms with Crippen molar-refractivity contribution in [2.75, 3.05) is 21.3 Å². The highest BCUT2D eigenvalue weighted by molar-refractivity contribution is 5.92. The van der Waals surface area contributed by atoms with E-state index in [0.717, 1.165) is 29.5 Å². The van der Waals surface area contributed by atoms with Crippen molar-refractivity contribution in [2.24, 2.45) is 0 Å². The van der Waals surface area contributed by atoms with E-state index in [0.29, 0.717) is 17.1 Å². The van der Waals surface area contributed by atoms with Crippen molar-refractivity contribution in [3.05, 3.63) is 64.7 Å². The molecule has 0 aliphatic heterocycles. The smallest absolute Gasteiger partial charge is 0.337 e. The summed E-state index contributed by atoms with van der Waals surface area (Å²) < 4.78 is 15.6. The Morgan fingerprint density at radius 1 is 0.958 bits per heavy atom. The van der Waals surface area contributed by atoms with Gasteiger partial charge in [0.25, 0.3) is 0 Å². The van der Waals surface area contributed by atoms with Crippen LogP contribution in [0.25, 0.3) is 5.57 Å². The molecule has 0 spiro atoms. The Balaban J connectivity index is 2.08. The molecule has 0 saturated carbocycles. The molecule has 24 heavy (non-hydrogen) atoms. The van der Waals surface area contributed by atoms with Crippen LogP contribution in [0.1, 0.15) is 33.5 Å². The van der Waals surface area contributed by atoms with Gasteiger partial charge in [-0.3, -0.25) is 0 Å². The molecular formula is C20H20O4. The number of hydrogen-bond acceptors (Lipinski definition) is 4. The lowest BCUT2D eigenvalue weighted by Crippen LogP contribution is -2.06. The molecule has 3 rings (SSSR count). The third kappa shape index (κ3) is 2.87. The molecule has 0 fully saturated rings. The van der Waals surface area contributed by atoms with E-state index in [2.05, 4.69) is 6.08 Å². The number of methoxy groups -OCH3 is 3. The van der Waals surface area contributed by atoms with Gasteiger partial charge in [-0.25, -0.2) is 4.79 Å². The van der Waals surface area contributed by atoms with Crippen LogP contribution in [0.4, 0.5) is 0 Å². The van der Waals surface area contributed by atoms with Gasteiger partial charge in [-0.1, -0.05) is 18.2 Å². The third-order valence-corrected chi connectivity index (χ3v) is 4.28. The van der Waals surface area contributed by atoms with E-state index in [1.165, 1.54) is 12.7 Å². The van der Waals surface area contributed by atoms with E-state index in [1.54, 1.807) is 14.2 Å². The van der Waals surface area contributed by atoms with Gasteiger partial charge in [-0.15, -0.1) is 0 Å². The molecule has 0 N–H and O–H groups in total. The zero-order chi connectivity index (χ0) is 17.1. The molecule has 0 aromatic heterocycles. The van der Waals surface area contributed by atoms with E-state index >= 15 is 0 Å². The normalized spacial score (nSPS) is 12.9. The van der Waals surface area contributed by atoms with Gasteiger partial charge in [0.2, 0.25) is 0 Å². The molecule has 2 aromatic carbocycles. The minimum absolute atomic E-state index is 0.324. The van der Waals surface area contributed by atoms with Crippen LogP contribution in [0.2, 0.25) is 0 Å². The Hall–Kier alpha value is -2.75. The summed E-state index contributed by atoms with van der Waals surface area (Å²) in [5.74, 6) is 1.06. The maximum Gasteiger partial charge on any atom is 0.337 e. The summed E-state index contributed by atoms with van der Waals surface area (Å²) in [6.45, 7) is 0. The fraction of sp³-hybridized carbons (Fsp3) is 0.250. The van der Waals surface area contributed by atoms with Gasteiger partial charge in [0, 0.05) is 0 Å². The third-order valence-electron chi connectivity index (χ3n) is 4.28. The van der Waals surface area contributed by atoms with Crippen LogP contribution in [0.15, 0.2) is 42.5 Å². The second-order valence-corrected chi connectivity index (χ2v) is 5.59. The van der Waals surface area contributed by atoms with Gasteiger partial charge in [0.05, 0.1) is 26.9 Å². The first kappa shape index (κ1) is 16.1. The summed E-state index contributed by atoms with van der Waals surface area (Å²) in [5.41, 5.74) is 4.99. The van der Waals surface area contributed by atoms with E-state index in [1.807, 2.05) is 36.4 Å². The summed E-state index contributed by atoms with van der Waals surface area (Å²) in [7, 11) is 4.64. The van der Waals surface area contributed by atoms with Crippen molar-refractivity contribution in [1.82, 2.24) is 0 Å². The van der Waals surface area contributed by atoms with Gasteiger partial charge < -0.3 is 14.2 Å². The lowest BCUT2D eigenvalue weighted by molar-refractivity contribution is 0.0600. The largest absolute Gasteiger partial charge is 0.493 e. The monoisotopic (exact) mass is 324 g/mol. The van der Waals surface area contributed by atoms with E-state index in [4.69, 9.17) is 14.2 Å². The lowest BCUT2D eigenvalue weighted by atomic mass is 9.86. The fourth-order valence-electron chi connectivity index (χ4n) is 3.05. The molecule has 1 aliphatic rings. The second-order valence-electron chi connectivity index (χ2n) is 5.59. The van der Waals surface area contributed by atoms with Crippen LogP contribution in [0.5, 0.6) is 11.5 Å². The van der Waals surface area contributed by atoms with Crippen molar-refractivity contribution < 1.29 is 19.0 Å². The zero-order valence-corrected chi connectivity index (χ0v) is 14.1. The molecule has 4 nitrogen and oxygen atoms in total. The fourth-order valence-corrected chi connectivity index (χ4v) is 3.05. The van der Waals surface area contributed by atoms with Crippen LogP contribution >= 0.6 is 0 Å². The number of carbonyl (C=O) groups is 1. The Morgan fingerprint density at radius 2 is 1.75 bits per heavy atom. The van der Waals surface area contributed by atoms with Crippen molar-refractivity contribution in [3.8, 4) is 11.5 Å². The Bertz CT molecular complexity index is 805. The predicted molar refractivity (Wildman–Crippen MR) is 92.7 cm³/mol. The zero-order valence-electron chi connectivity index (χ0n) is 14.1. The summed E-state index contributed by atoms with van der Waals surface area (Å²) in [5, 5.41) is 0. The number of ether oxygens (including phenoxy) is 3. The van der Waals surface area contributed by atoms with Crippen molar-refractivity contribution >= 4 is 11.5 Å². The molecule has 0 heterocycles. The molecule has 0 radical (unpaired) electrons. The molecular weight excluding hydrogens is 304 g/mol. The van der Waals surface area contributed by atoms with Gasteiger partial charge >= 0.3 is 5.97 Å². The van der Waals surface area contributed by atoms with Crippen LogP contribution in [0.3, 0.4) is 0 Å². The molecule has 0 unspecified atom stereocenters. The maximum atomic E-state index is 11.8. The summed E-state index contributed by atoms with van der Waals surface area (Å²) in [6, 6.07) is 11.6. The Morgan fingerprint density at radius 3 is 2.46 bits per heavy atom. The van der Waals surface area contributed by atoms with Gasteiger partial charge in [0.1, 0.15) is 0 Å². The lowest BCUT2D eigenvalue weighted by Gasteiger charge is -2.20. The van der Waals surface area contributed by atoms with Crippen molar-refractivity contribution in [2.45, 2.75) is 12.8 Å². The van der Waals surface area contributed by atoms with Crippen molar-refractivity contribution in [1.29, 1.82) is 0 Å². The average molecular weight is 324 g/mol.